The number of imidazole rings is 1. The molecule has 0 fully saturated rings. The number of nitrogens with zero attached hydrogens (tertiary/aromatic N) is 2. The quantitative estimate of drug-likeness (QED) is 0.529. The van der Waals surface area contributed by atoms with Crippen LogP contribution in [-0.2, 0) is 11.3 Å². The summed E-state index contributed by atoms with van der Waals surface area (Å²) in [6, 6.07) is 10.7. The third-order valence-corrected chi connectivity index (χ3v) is 5.23. The van der Waals surface area contributed by atoms with Crippen LogP contribution in [0.4, 0.5) is 9.18 Å². The van der Waals surface area contributed by atoms with E-state index in [1.165, 1.54) is 21.8 Å². The summed E-state index contributed by atoms with van der Waals surface area (Å²) in [5, 5.41) is 0. The lowest BCUT2D eigenvalue weighted by Gasteiger charge is -2.17. The van der Waals surface area contributed by atoms with Crippen molar-refractivity contribution < 1.29 is 13.9 Å². The van der Waals surface area contributed by atoms with Crippen LogP contribution in [0.25, 0.3) is 0 Å². The molecule has 1 heterocycles. The van der Waals surface area contributed by atoms with E-state index >= 15 is 0 Å². The second-order valence-corrected chi connectivity index (χ2v) is 7.37. The van der Waals surface area contributed by atoms with E-state index in [9.17, 15) is 9.18 Å². The summed E-state index contributed by atoms with van der Waals surface area (Å²) in [5.74, 6) is 0.0774. The molecule has 1 atom stereocenters. The van der Waals surface area contributed by atoms with Gasteiger partial charge in [-0.25, -0.2) is 18.7 Å². The SMILES string of the molecule is Cc1cccc([C@H](C)c2nccn2C(=O)OCc2ccc(Br)cc2F)c1C. The molecule has 0 spiro atoms. The lowest BCUT2D eigenvalue weighted by atomic mass is 9.93. The van der Waals surface area contributed by atoms with Crippen molar-refractivity contribution in [2.24, 2.45) is 0 Å². The largest absolute Gasteiger partial charge is 0.444 e. The maximum Gasteiger partial charge on any atom is 0.419 e. The Morgan fingerprint density at radius 2 is 2.07 bits per heavy atom. The summed E-state index contributed by atoms with van der Waals surface area (Å²) < 4.78 is 21.2. The highest BCUT2D eigenvalue weighted by Gasteiger charge is 2.21. The summed E-state index contributed by atoms with van der Waals surface area (Å²) in [6.07, 6.45) is 2.55. The summed E-state index contributed by atoms with van der Waals surface area (Å²) in [7, 11) is 0. The Morgan fingerprint density at radius 3 is 2.81 bits per heavy atom. The third-order valence-electron chi connectivity index (χ3n) is 4.73. The molecule has 4 nitrogen and oxygen atoms in total. The Hall–Kier alpha value is -2.47. The highest BCUT2D eigenvalue weighted by atomic mass is 79.9. The van der Waals surface area contributed by atoms with Gasteiger partial charge in [0.15, 0.2) is 0 Å². The molecule has 0 amide bonds. The number of aromatic nitrogens is 2. The van der Waals surface area contributed by atoms with Crippen molar-refractivity contribution in [2.75, 3.05) is 0 Å². The number of carbonyl (C=O) groups excluding carboxylic acids is 1. The number of ether oxygens (including phenoxy) is 1. The number of aryl methyl sites for hydroxylation is 1. The first-order valence-electron chi connectivity index (χ1n) is 8.59. The summed E-state index contributed by atoms with van der Waals surface area (Å²) in [5.41, 5.74) is 3.78. The number of rotatable bonds is 4. The number of halogens is 2. The van der Waals surface area contributed by atoms with Crippen molar-refractivity contribution in [3.8, 4) is 0 Å². The van der Waals surface area contributed by atoms with Gasteiger partial charge >= 0.3 is 6.09 Å². The Labute approximate surface area is 166 Å². The van der Waals surface area contributed by atoms with Crippen molar-refractivity contribution in [3.63, 3.8) is 0 Å². The maximum atomic E-state index is 13.9. The minimum atomic E-state index is -0.582. The fourth-order valence-electron chi connectivity index (χ4n) is 3.02. The normalized spacial score (nSPS) is 12.0. The molecule has 3 aromatic rings. The van der Waals surface area contributed by atoms with Gasteiger partial charge in [-0.3, -0.25) is 0 Å². The van der Waals surface area contributed by atoms with Crippen LogP contribution in [0.5, 0.6) is 0 Å². The van der Waals surface area contributed by atoms with Crippen LogP contribution in [0.3, 0.4) is 0 Å². The van der Waals surface area contributed by atoms with E-state index in [1.807, 2.05) is 19.1 Å². The number of hydrogen-bond donors (Lipinski definition) is 0. The van der Waals surface area contributed by atoms with E-state index in [0.29, 0.717) is 15.9 Å². The van der Waals surface area contributed by atoms with Crippen molar-refractivity contribution in [2.45, 2.75) is 33.3 Å². The van der Waals surface area contributed by atoms with Crippen LogP contribution in [-0.4, -0.2) is 15.6 Å². The lowest BCUT2D eigenvalue weighted by molar-refractivity contribution is 0.139. The summed E-state index contributed by atoms with van der Waals surface area (Å²) in [4.78, 5) is 16.9. The van der Waals surface area contributed by atoms with Crippen molar-refractivity contribution in [1.29, 1.82) is 0 Å². The van der Waals surface area contributed by atoms with Gasteiger partial charge in [0, 0.05) is 28.3 Å². The minimum Gasteiger partial charge on any atom is -0.444 e. The molecule has 0 saturated heterocycles. The lowest BCUT2D eigenvalue weighted by Crippen LogP contribution is -2.18. The average molecular weight is 431 g/mol. The second kappa shape index (κ2) is 8.05. The zero-order valence-corrected chi connectivity index (χ0v) is 17.0. The predicted octanol–water partition coefficient (Wildman–Crippen LogP) is 5.74. The molecular formula is C21H20BrFN2O2. The smallest absolute Gasteiger partial charge is 0.419 e. The molecule has 27 heavy (non-hydrogen) atoms. The van der Waals surface area contributed by atoms with Crippen LogP contribution >= 0.6 is 15.9 Å². The topological polar surface area (TPSA) is 44.1 Å². The van der Waals surface area contributed by atoms with Gasteiger partial charge in [0.25, 0.3) is 0 Å². The van der Waals surface area contributed by atoms with Gasteiger partial charge < -0.3 is 4.74 Å². The molecule has 0 unspecified atom stereocenters. The molecule has 2 aromatic carbocycles. The average Bonchev–Trinajstić information content (AvgIpc) is 3.12. The Balaban J connectivity index is 1.79. The highest BCUT2D eigenvalue weighted by Crippen LogP contribution is 2.27. The highest BCUT2D eigenvalue weighted by molar-refractivity contribution is 9.10. The number of carbonyl (C=O) groups is 1. The van der Waals surface area contributed by atoms with E-state index in [0.717, 1.165) is 5.56 Å². The van der Waals surface area contributed by atoms with Gasteiger partial charge in [-0.1, -0.05) is 47.1 Å². The molecule has 0 saturated carbocycles. The van der Waals surface area contributed by atoms with E-state index < -0.39 is 11.9 Å². The molecule has 0 bridgehead atoms. The Morgan fingerprint density at radius 1 is 1.30 bits per heavy atom. The second-order valence-electron chi connectivity index (χ2n) is 6.46. The van der Waals surface area contributed by atoms with Crippen molar-refractivity contribution in [1.82, 2.24) is 9.55 Å². The first kappa shape index (κ1) is 19.3. The Kier molecular flexibility index (Phi) is 5.75. The van der Waals surface area contributed by atoms with Crippen molar-refractivity contribution in [3.05, 3.63) is 87.2 Å². The van der Waals surface area contributed by atoms with E-state index in [-0.39, 0.29) is 12.5 Å². The van der Waals surface area contributed by atoms with Crippen LogP contribution in [0.2, 0.25) is 0 Å². The van der Waals surface area contributed by atoms with Crippen LogP contribution in [0.1, 0.15) is 40.9 Å². The molecule has 0 aliphatic carbocycles. The molecule has 0 aliphatic rings. The monoisotopic (exact) mass is 430 g/mol. The first-order valence-corrected chi connectivity index (χ1v) is 9.38. The third kappa shape index (κ3) is 4.11. The molecule has 0 radical (unpaired) electrons. The maximum absolute atomic E-state index is 13.9. The standard InChI is InChI=1S/C21H20BrFN2O2/c1-13-5-4-6-18(14(13)2)15(3)20-24-9-10-25(20)21(26)27-12-16-7-8-17(22)11-19(16)23/h4-11,15H,12H2,1-3H3/t15-/m0/s1. The van der Waals surface area contributed by atoms with Gasteiger partial charge in [0.1, 0.15) is 18.2 Å². The number of hydrogen-bond acceptors (Lipinski definition) is 3. The van der Waals surface area contributed by atoms with Crippen LogP contribution in [0, 0.1) is 19.7 Å². The molecule has 1 aromatic heterocycles. The molecular weight excluding hydrogens is 411 g/mol. The van der Waals surface area contributed by atoms with Gasteiger partial charge in [-0.2, -0.15) is 0 Å². The minimum absolute atomic E-state index is 0.0862. The predicted molar refractivity (Wildman–Crippen MR) is 105 cm³/mol. The Bertz CT molecular complexity index is 984. The molecule has 140 valence electrons. The van der Waals surface area contributed by atoms with Gasteiger partial charge in [0.2, 0.25) is 0 Å². The fourth-order valence-corrected chi connectivity index (χ4v) is 3.35. The van der Waals surface area contributed by atoms with E-state index in [1.54, 1.807) is 24.5 Å². The molecule has 3 rings (SSSR count). The van der Waals surface area contributed by atoms with Crippen molar-refractivity contribution >= 4 is 22.0 Å². The van der Waals surface area contributed by atoms with Gasteiger partial charge in [-0.15, -0.1) is 0 Å². The van der Waals surface area contributed by atoms with Crippen LogP contribution < -0.4 is 0 Å². The molecule has 0 aliphatic heterocycles. The van der Waals surface area contributed by atoms with E-state index in [4.69, 9.17) is 4.74 Å². The fraction of sp³-hybridized carbons (Fsp3) is 0.238. The van der Waals surface area contributed by atoms with Crippen LogP contribution in [0.15, 0.2) is 53.3 Å². The van der Waals surface area contributed by atoms with E-state index in [2.05, 4.69) is 40.8 Å². The zero-order chi connectivity index (χ0) is 19.6. The molecule has 6 heteroatoms. The molecule has 0 N–H and O–H groups in total. The summed E-state index contributed by atoms with van der Waals surface area (Å²) >= 11 is 3.21. The first-order chi connectivity index (χ1) is 12.9. The number of benzene rings is 2. The van der Waals surface area contributed by atoms with Gasteiger partial charge in [-0.05, 0) is 42.7 Å². The zero-order valence-electron chi connectivity index (χ0n) is 15.4. The van der Waals surface area contributed by atoms with Gasteiger partial charge in [0.05, 0.1) is 0 Å². The summed E-state index contributed by atoms with van der Waals surface area (Å²) in [6.45, 7) is 5.97.